The van der Waals surface area contributed by atoms with Crippen molar-refractivity contribution in [2.75, 3.05) is 13.1 Å². The second kappa shape index (κ2) is 5.96. The summed E-state index contributed by atoms with van der Waals surface area (Å²) in [6, 6.07) is 11.0. The van der Waals surface area contributed by atoms with E-state index in [0.717, 1.165) is 18.5 Å². The van der Waals surface area contributed by atoms with Crippen LogP contribution in [-0.4, -0.2) is 29.9 Å². The first-order valence-electron chi connectivity index (χ1n) is 7.88. The lowest BCUT2D eigenvalue weighted by Gasteiger charge is -2.39. The van der Waals surface area contributed by atoms with E-state index in [2.05, 4.69) is 17.0 Å². The van der Waals surface area contributed by atoms with Crippen LogP contribution in [-0.2, 0) is 0 Å². The highest BCUT2D eigenvalue weighted by molar-refractivity contribution is 5.84. The summed E-state index contributed by atoms with van der Waals surface area (Å²) in [6.45, 7) is 2.10. The van der Waals surface area contributed by atoms with Crippen molar-refractivity contribution in [1.82, 2.24) is 4.90 Å². The molecule has 3 rings (SSSR count). The molecular weight excluding hydrogens is 246 g/mol. The first-order chi connectivity index (χ1) is 9.75. The standard InChI is InChI=1S/C17H25N3/c18-17(19)15(13-6-2-1-3-7-13)12-20-11-5-9-14-8-4-10-16(14)20/h1-3,6-7,14-16H,4-5,8-12H2,(H3,18,19). The molecule has 1 aliphatic heterocycles. The van der Waals surface area contributed by atoms with E-state index in [4.69, 9.17) is 11.1 Å². The van der Waals surface area contributed by atoms with E-state index in [1.807, 2.05) is 18.2 Å². The Bertz CT molecular complexity index is 457. The van der Waals surface area contributed by atoms with E-state index in [9.17, 15) is 0 Å². The molecule has 3 atom stereocenters. The molecule has 20 heavy (non-hydrogen) atoms. The molecule has 1 heterocycles. The number of likely N-dealkylation sites (tertiary alicyclic amines) is 1. The molecule has 2 fully saturated rings. The normalized spacial score (nSPS) is 28.0. The van der Waals surface area contributed by atoms with Crippen molar-refractivity contribution in [2.45, 2.75) is 44.1 Å². The van der Waals surface area contributed by atoms with E-state index in [1.165, 1.54) is 44.2 Å². The number of nitrogens with one attached hydrogen (secondary N) is 1. The van der Waals surface area contributed by atoms with Crippen LogP contribution in [0.1, 0.15) is 43.6 Å². The smallest absolute Gasteiger partial charge is 0.0995 e. The van der Waals surface area contributed by atoms with Gasteiger partial charge in [-0.15, -0.1) is 0 Å². The molecular formula is C17H25N3. The van der Waals surface area contributed by atoms with Crippen LogP contribution in [0.4, 0.5) is 0 Å². The van der Waals surface area contributed by atoms with Gasteiger partial charge in [-0.05, 0) is 43.7 Å². The highest BCUT2D eigenvalue weighted by Crippen LogP contribution is 2.37. The molecule has 0 spiro atoms. The third-order valence-electron chi connectivity index (χ3n) is 5.10. The van der Waals surface area contributed by atoms with Crippen LogP contribution in [0.25, 0.3) is 0 Å². The van der Waals surface area contributed by atoms with Gasteiger partial charge in [0, 0.05) is 12.6 Å². The molecule has 108 valence electrons. The Balaban J connectivity index is 1.75. The fourth-order valence-corrected chi connectivity index (χ4v) is 4.09. The van der Waals surface area contributed by atoms with Crippen molar-refractivity contribution in [3.05, 3.63) is 35.9 Å². The number of rotatable bonds is 4. The summed E-state index contributed by atoms with van der Waals surface area (Å²) in [5, 5.41) is 7.95. The summed E-state index contributed by atoms with van der Waals surface area (Å²) < 4.78 is 0. The minimum absolute atomic E-state index is 0.0514. The number of amidine groups is 1. The van der Waals surface area contributed by atoms with Crippen LogP contribution in [0.2, 0.25) is 0 Å². The molecule has 3 heteroatoms. The topological polar surface area (TPSA) is 53.1 Å². The molecule has 2 aliphatic rings. The van der Waals surface area contributed by atoms with Crippen LogP contribution in [0, 0.1) is 11.3 Å². The lowest BCUT2D eigenvalue weighted by atomic mass is 9.89. The predicted molar refractivity (Wildman–Crippen MR) is 83.0 cm³/mol. The van der Waals surface area contributed by atoms with Gasteiger partial charge >= 0.3 is 0 Å². The van der Waals surface area contributed by atoms with Crippen LogP contribution in [0.15, 0.2) is 30.3 Å². The highest BCUT2D eigenvalue weighted by Gasteiger charge is 2.36. The van der Waals surface area contributed by atoms with Gasteiger partial charge in [-0.3, -0.25) is 10.3 Å². The molecule has 1 saturated heterocycles. The van der Waals surface area contributed by atoms with E-state index >= 15 is 0 Å². The Morgan fingerprint density at radius 1 is 1.20 bits per heavy atom. The number of benzene rings is 1. The Hall–Kier alpha value is -1.35. The quantitative estimate of drug-likeness (QED) is 0.653. The first-order valence-corrected chi connectivity index (χ1v) is 7.88. The van der Waals surface area contributed by atoms with Gasteiger partial charge in [0.25, 0.3) is 0 Å². The Kier molecular flexibility index (Phi) is 4.06. The SMILES string of the molecule is N=C(N)C(CN1CCCC2CCCC21)c1ccccc1. The molecule has 0 aromatic heterocycles. The zero-order chi connectivity index (χ0) is 13.9. The van der Waals surface area contributed by atoms with E-state index < -0.39 is 0 Å². The number of nitrogens with zero attached hydrogens (tertiary/aromatic N) is 1. The molecule has 3 N–H and O–H groups in total. The van der Waals surface area contributed by atoms with Crippen molar-refractivity contribution < 1.29 is 0 Å². The minimum atomic E-state index is 0.0514. The number of hydrogen-bond acceptors (Lipinski definition) is 2. The van der Waals surface area contributed by atoms with Gasteiger partial charge in [0.15, 0.2) is 0 Å². The minimum Gasteiger partial charge on any atom is -0.387 e. The third-order valence-corrected chi connectivity index (χ3v) is 5.10. The van der Waals surface area contributed by atoms with Gasteiger partial charge in [-0.2, -0.15) is 0 Å². The maximum atomic E-state index is 7.95. The summed E-state index contributed by atoms with van der Waals surface area (Å²) in [7, 11) is 0. The van der Waals surface area contributed by atoms with Gasteiger partial charge in [0.1, 0.15) is 0 Å². The van der Waals surface area contributed by atoms with Crippen LogP contribution in [0.5, 0.6) is 0 Å². The summed E-state index contributed by atoms with van der Waals surface area (Å²) >= 11 is 0. The number of nitrogens with two attached hydrogens (primary N) is 1. The maximum absolute atomic E-state index is 7.95. The fraction of sp³-hybridized carbons (Fsp3) is 0.588. The summed E-state index contributed by atoms with van der Waals surface area (Å²) in [5.41, 5.74) is 7.06. The number of fused-ring (bicyclic) bond motifs is 1. The van der Waals surface area contributed by atoms with Crippen molar-refractivity contribution >= 4 is 5.84 Å². The van der Waals surface area contributed by atoms with Crippen molar-refractivity contribution in [1.29, 1.82) is 5.41 Å². The largest absolute Gasteiger partial charge is 0.387 e. The van der Waals surface area contributed by atoms with E-state index in [0.29, 0.717) is 5.84 Å². The average Bonchev–Trinajstić information content (AvgIpc) is 2.94. The molecule has 1 aromatic carbocycles. The van der Waals surface area contributed by atoms with E-state index in [1.54, 1.807) is 0 Å². The number of piperidine rings is 1. The Morgan fingerprint density at radius 2 is 1.95 bits per heavy atom. The molecule has 3 unspecified atom stereocenters. The summed E-state index contributed by atoms with van der Waals surface area (Å²) in [5.74, 6) is 1.25. The second-order valence-electron chi connectivity index (χ2n) is 6.31. The maximum Gasteiger partial charge on any atom is 0.0995 e. The summed E-state index contributed by atoms with van der Waals surface area (Å²) in [4.78, 5) is 2.61. The second-order valence-corrected chi connectivity index (χ2v) is 6.31. The summed E-state index contributed by atoms with van der Waals surface area (Å²) in [6.07, 6.45) is 6.82. The van der Waals surface area contributed by atoms with Crippen LogP contribution >= 0.6 is 0 Å². The lowest BCUT2D eigenvalue weighted by molar-refractivity contribution is 0.112. The zero-order valence-electron chi connectivity index (χ0n) is 12.1. The third kappa shape index (κ3) is 2.73. The molecule has 3 nitrogen and oxygen atoms in total. The van der Waals surface area contributed by atoms with Gasteiger partial charge in [-0.25, -0.2) is 0 Å². The molecule has 0 radical (unpaired) electrons. The van der Waals surface area contributed by atoms with Crippen LogP contribution in [0.3, 0.4) is 0 Å². The van der Waals surface area contributed by atoms with Gasteiger partial charge in [0.05, 0.1) is 11.8 Å². The lowest BCUT2D eigenvalue weighted by Crippen LogP contribution is -2.46. The molecule has 0 amide bonds. The van der Waals surface area contributed by atoms with Gasteiger partial charge in [0.2, 0.25) is 0 Å². The fourth-order valence-electron chi connectivity index (χ4n) is 4.09. The van der Waals surface area contributed by atoms with Gasteiger partial charge in [-0.1, -0.05) is 36.8 Å². The predicted octanol–water partition coefficient (Wildman–Crippen LogP) is 2.97. The molecule has 1 aromatic rings. The Morgan fingerprint density at radius 3 is 2.70 bits per heavy atom. The van der Waals surface area contributed by atoms with E-state index in [-0.39, 0.29) is 5.92 Å². The zero-order valence-corrected chi connectivity index (χ0v) is 12.1. The Labute approximate surface area is 121 Å². The highest BCUT2D eigenvalue weighted by atomic mass is 15.2. The number of hydrogen-bond donors (Lipinski definition) is 2. The van der Waals surface area contributed by atoms with Gasteiger partial charge < -0.3 is 5.73 Å². The monoisotopic (exact) mass is 271 g/mol. The molecule has 1 aliphatic carbocycles. The van der Waals surface area contributed by atoms with Crippen molar-refractivity contribution in [2.24, 2.45) is 11.7 Å². The van der Waals surface area contributed by atoms with Crippen molar-refractivity contribution in [3.63, 3.8) is 0 Å². The van der Waals surface area contributed by atoms with Crippen molar-refractivity contribution in [3.8, 4) is 0 Å². The molecule has 0 bridgehead atoms. The van der Waals surface area contributed by atoms with Crippen LogP contribution < -0.4 is 5.73 Å². The average molecular weight is 271 g/mol. The first kappa shape index (κ1) is 13.6. The molecule has 1 saturated carbocycles.